The van der Waals surface area contributed by atoms with Crippen molar-refractivity contribution in [1.29, 1.82) is 0 Å². The van der Waals surface area contributed by atoms with Crippen molar-refractivity contribution in [2.24, 2.45) is 11.1 Å². The summed E-state index contributed by atoms with van der Waals surface area (Å²) in [7, 11) is 0. The Morgan fingerprint density at radius 2 is 1.94 bits per heavy atom. The third-order valence-corrected chi connectivity index (χ3v) is 3.01. The Kier molecular flexibility index (Phi) is 4.48. The van der Waals surface area contributed by atoms with Crippen LogP contribution >= 0.6 is 12.4 Å². The van der Waals surface area contributed by atoms with E-state index in [4.69, 9.17) is 15.2 Å². The molecule has 2 atom stereocenters. The fraction of sp³-hybridized carbons (Fsp3) is 0.538. The van der Waals surface area contributed by atoms with Crippen molar-refractivity contribution in [3.63, 3.8) is 0 Å². The minimum Gasteiger partial charge on any atom is -0.454 e. The highest BCUT2D eigenvalue weighted by atomic mass is 35.5. The minimum atomic E-state index is -0.641. The van der Waals surface area contributed by atoms with E-state index in [1.54, 1.807) is 0 Å². The molecule has 5 heteroatoms. The van der Waals surface area contributed by atoms with E-state index in [2.05, 4.69) is 0 Å². The molecule has 1 aromatic rings. The van der Waals surface area contributed by atoms with Gasteiger partial charge in [0.2, 0.25) is 6.79 Å². The van der Waals surface area contributed by atoms with Gasteiger partial charge in [-0.1, -0.05) is 32.9 Å². The molecule has 0 amide bonds. The van der Waals surface area contributed by atoms with Gasteiger partial charge in [-0.3, -0.25) is 0 Å². The van der Waals surface area contributed by atoms with Gasteiger partial charge in [-0.2, -0.15) is 0 Å². The first kappa shape index (κ1) is 15.1. The van der Waals surface area contributed by atoms with Crippen molar-refractivity contribution in [2.45, 2.75) is 32.9 Å². The van der Waals surface area contributed by atoms with Crippen LogP contribution in [0.25, 0.3) is 0 Å². The van der Waals surface area contributed by atoms with E-state index in [1.165, 1.54) is 0 Å². The van der Waals surface area contributed by atoms with Crippen LogP contribution in [0.3, 0.4) is 0 Å². The van der Waals surface area contributed by atoms with Gasteiger partial charge in [0.15, 0.2) is 11.5 Å². The van der Waals surface area contributed by atoms with Crippen LogP contribution in [0.2, 0.25) is 0 Å². The monoisotopic (exact) mass is 273 g/mol. The number of rotatable bonds is 2. The van der Waals surface area contributed by atoms with Crippen molar-refractivity contribution in [1.82, 2.24) is 0 Å². The van der Waals surface area contributed by atoms with Crippen molar-refractivity contribution in [2.75, 3.05) is 6.79 Å². The largest absolute Gasteiger partial charge is 0.454 e. The Labute approximate surface area is 113 Å². The number of hydrogen-bond acceptors (Lipinski definition) is 4. The molecule has 0 fully saturated rings. The Hall–Kier alpha value is -0.970. The summed E-state index contributed by atoms with van der Waals surface area (Å²) in [5.74, 6) is 1.35. The van der Waals surface area contributed by atoms with Gasteiger partial charge >= 0.3 is 0 Å². The summed E-state index contributed by atoms with van der Waals surface area (Å²) in [5.41, 5.74) is 6.63. The normalized spacial score (nSPS) is 16.9. The van der Waals surface area contributed by atoms with Gasteiger partial charge in [0.25, 0.3) is 0 Å². The number of hydrogen-bond donors (Lipinski definition) is 2. The lowest BCUT2D eigenvalue weighted by Gasteiger charge is -2.31. The van der Waals surface area contributed by atoms with Crippen LogP contribution in [0.1, 0.15) is 32.4 Å². The zero-order chi connectivity index (χ0) is 12.6. The summed E-state index contributed by atoms with van der Waals surface area (Å²) < 4.78 is 10.7. The van der Waals surface area contributed by atoms with E-state index < -0.39 is 12.1 Å². The number of fused-ring (bicyclic) bond motifs is 1. The lowest BCUT2D eigenvalue weighted by Crippen LogP contribution is -2.37. The highest BCUT2D eigenvalue weighted by molar-refractivity contribution is 5.85. The van der Waals surface area contributed by atoms with E-state index in [-0.39, 0.29) is 24.6 Å². The van der Waals surface area contributed by atoms with E-state index in [0.29, 0.717) is 11.5 Å². The number of aliphatic hydroxyl groups excluding tert-OH is 1. The third-order valence-electron chi connectivity index (χ3n) is 3.01. The number of ether oxygens (including phenoxy) is 2. The molecule has 102 valence electrons. The van der Waals surface area contributed by atoms with E-state index >= 15 is 0 Å². The van der Waals surface area contributed by atoms with Crippen LogP contribution in [0.15, 0.2) is 18.2 Å². The fourth-order valence-electron chi connectivity index (χ4n) is 1.92. The average molecular weight is 274 g/mol. The van der Waals surface area contributed by atoms with Crippen LogP contribution in [0.4, 0.5) is 0 Å². The molecule has 1 aliphatic heterocycles. The van der Waals surface area contributed by atoms with Crippen LogP contribution in [-0.2, 0) is 0 Å². The average Bonchev–Trinajstić information content (AvgIpc) is 2.73. The van der Waals surface area contributed by atoms with Gasteiger partial charge in [-0.25, -0.2) is 0 Å². The van der Waals surface area contributed by atoms with Gasteiger partial charge < -0.3 is 20.3 Å². The third kappa shape index (κ3) is 2.71. The molecule has 1 aliphatic rings. The predicted molar refractivity (Wildman–Crippen MR) is 72.2 cm³/mol. The molecule has 0 aliphatic carbocycles. The maximum atomic E-state index is 10.2. The summed E-state index contributed by atoms with van der Waals surface area (Å²) in [5, 5.41) is 10.2. The molecular formula is C13H20ClNO3. The lowest BCUT2D eigenvalue weighted by atomic mass is 9.82. The molecule has 3 N–H and O–H groups in total. The summed E-state index contributed by atoms with van der Waals surface area (Å²) in [6.07, 6.45) is -0.641. The zero-order valence-electron chi connectivity index (χ0n) is 10.8. The maximum Gasteiger partial charge on any atom is 0.231 e. The Bertz CT molecular complexity index is 417. The van der Waals surface area contributed by atoms with E-state index in [0.717, 1.165) is 5.56 Å². The van der Waals surface area contributed by atoms with Crippen molar-refractivity contribution >= 4 is 12.4 Å². The molecule has 0 bridgehead atoms. The van der Waals surface area contributed by atoms with Crippen LogP contribution in [0.5, 0.6) is 11.5 Å². The molecule has 1 aromatic carbocycles. The van der Waals surface area contributed by atoms with Gasteiger partial charge in [0.05, 0.1) is 12.1 Å². The first-order valence-corrected chi connectivity index (χ1v) is 5.73. The van der Waals surface area contributed by atoms with Crippen LogP contribution < -0.4 is 15.2 Å². The standard InChI is InChI=1S/C13H19NO3.ClH/c1-13(2,3)12(15)10(14)8-5-4-6-9-11(8)17-7-16-9;/h4-6,10,12,15H,7,14H2,1-3H3;1H/t10-,12-;/m1./s1. The van der Waals surface area contributed by atoms with Gasteiger partial charge in [0.1, 0.15) is 0 Å². The Balaban J connectivity index is 0.00000162. The summed E-state index contributed by atoms with van der Waals surface area (Å²) in [6, 6.07) is 5.08. The molecule has 0 aromatic heterocycles. The molecule has 4 nitrogen and oxygen atoms in total. The smallest absolute Gasteiger partial charge is 0.231 e. The second-order valence-corrected chi connectivity index (χ2v) is 5.42. The number of halogens is 1. The molecule has 0 saturated heterocycles. The minimum absolute atomic E-state index is 0. The van der Waals surface area contributed by atoms with Crippen molar-refractivity contribution < 1.29 is 14.6 Å². The molecule has 2 rings (SSSR count). The molecule has 0 spiro atoms. The van der Waals surface area contributed by atoms with Gasteiger partial charge in [-0.05, 0) is 11.5 Å². The molecule has 0 radical (unpaired) electrons. The molecule has 0 unspecified atom stereocenters. The zero-order valence-corrected chi connectivity index (χ0v) is 11.7. The van der Waals surface area contributed by atoms with Crippen molar-refractivity contribution in [3.8, 4) is 11.5 Å². The highest BCUT2D eigenvalue weighted by Gasteiger charge is 2.32. The fourth-order valence-corrected chi connectivity index (χ4v) is 1.92. The number of aliphatic hydroxyl groups is 1. The Morgan fingerprint density at radius 3 is 2.56 bits per heavy atom. The van der Waals surface area contributed by atoms with Crippen LogP contribution in [-0.4, -0.2) is 18.0 Å². The second kappa shape index (κ2) is 5.34. The Morgan fingerprint density at radius 1 is 1.28 bits per heavy atom. The highest BCUT2D eigenvalue weighted by Crippen LogP contribution is 2.40. The van der Waals surface area contributed by atoms with Crippen LogP contribution in [0, 0.1) is 5.41 Å². The topological polar surface area (TPSA) is 64.7 Å². The second-order valence-electron chi connectivity index (χ2n) is 5.42. The van der Waals surface area contributed by atoms with Gasteiger partial charge in [-0.15, -0.1) is 12.4 Å². The first-order valence-electron chi connectivity index (χ1n) is 5.73. The number of nitrogens with two attached hydrogens (primary N) is 1. The van der Waals surface area contributed by atoms with Crippen molar-refractivity contribution in [3.05, 3.63) is 23.8 Å². The predicted octanol–water partition coefficient (Wildman–Crippen LogP) is 2.24. The number of benzene rings is 1. The molecule has 1 heterocycles. The molecular weight excluding hydrogens is 254 g/mol. The first-order chi connectivity index (χ1) is 7.91. The van der Waals surface area contributed by atoms with Gasteiger partial charge in [0, 0.05) is 5.56 Å². The SMILES string of the molecule is CC(C)(C)[C@H](O)[C@H](N)c1cccc2c1OCO2.Cl. The lowest BCUT2D eigenvalue weighted by molar-refractivity contribution is 0.0393. The van der Waals surface area contributed by atoms with E-state index in [9.17, 15) is 5.11 Å². The number of para-hydroxylation sites is 1. The maximum absolute atomic E-state index is 10.2. The molecule has 0 saturated carbocycles. The summed E-state index contributed by atoms with van der Waals surface area (Å²) >= 11 is 0. The summed E-state index contributed by atoms with van der Waals surface area (Å²) in [4.78, 5) is 0. The van der Waals surface area contributed by atoms with E-state index in [1.807, 2.05) is 39.0 Å². The molecule has 18 heavy (non-hydrogen) atoms. The summed E-state index contributed by atoms with van der Waals surface area (Å²) in [6.45, 7) is 6.08. The quantitative estimate of drug-likeness (QED) is 0.867.